The Morgan fingerprint density at radius 1 is 1.00 bits per heavy atom. The molecular weight excluding hydrogens is 153 g/mol. The SMILES string of the molecule is Nc1ccc(B2OC=CO2)cc1. The van der Waals surface area contributed by atoms with Crippen molar-refractivity contribution in [1.82, 2.24) is 0 Å². The first kappa shape index (κ1) is 7.09. The minimum atomic E-state index is -0.300. The second-order valence-corrected chi connectivity index (χ2v) is 2.54. The van der Waals surface area contributed by atoms with E-state index in [9.17, 15) is 0 Å². The normalized spacial score (nSPS) is 14.2. The molecule has 1 aliphatic rings. The number of nitrogens with two attached hydrogens (primary N) is 1. The van der Waals surface area contributed by atoms with Crippen LogP contribution in [-0.4, -0.2) is 7.12 Å². The molecule has 3 nitrogen and oxygen atoms in total. The predicted molar refractivity (Wildman–Crippen MR) is 47.6 cm³/mol. The van der Waals surface area contributed by atoms with E-state index in [0.29, 0.717) is 0 Å². The van der Waals surface area contributed by atoms with Crippen LogP contribution in [0.3, 0.4) is 0 Å². The molecule has 0 saturated carbocycles. The molecule has 60 valence electrons. The molecule has 0 saturated heterocycles. The van der Waals surface area contributed by atoms with E-state index in [2.05, 4.69) is 0 Å². The molecule has 0 radical (unpaired) electrons. The molecule has 1 aromatic rings. The highest BCUT2D eigenvalue weighted by Gasteiger charge is 2.25. The Balaban J connectivity index is 2.18. The maximum absolute atomic E-state index is 5.53. The highest BCUT2D eigenvalue weighted by Crippen LogP contribution is 2.03. The van der Waals surface area contributed by atoms with Crippen LogP contribution in [0.15, 0.2) is 36.8 Å². The fourth-order valence-corrected chi connectivity index (χ4v) is 1.05. The molecule has 0 bridgehead atoms. The van der Waals surface area contributed by atoms with Gasteiger partial charge in [0, 0.05) is 11.2 Å². The summed E-state index contributed by atoms with van der Waals surface area (Å²) in [5, 5.41) is 0. The second-order valence-electron chi connectivity index (χ2n) is 2.54. The third-order valence-electron chi connectivity index (χ3n) is 1.67. The number of rotatable bonds is 1. The summed E-state index contributed by atoms with van der Waals surface area (Å²) in [6, 6.07) is 7.40. The zero-order chi connectivity index (χ0) is 8.39. The van der Waals surface area contributed by atoms with Crippen molar-refractivity contribution in [2.75, 3.05) is 5.73 Å². The molecule has 0 fully saturated rings. The van der Waals surface area contributed by atoms with Crippen molar-refractivity contribution in [3.63, 3.8) is 0 Å². The Kier molecular flexibility index (Phi) is 1.66. The van der Waals surface area contributed by atoms with Gasteiger partial charge in [-0.15, -0.1) is 0 Å². The monoisotopic (exact) mass is 161 g/mol. The van der Waals surface area contributed by atoms with Crippen LogP contribution in [0.25, 0.3) is 0 Å². The van der Waals surface area contributed by atoms with Gasteiger partial charge in [0.05, 0.1) is 12.5 Å². The van der Waals surface area contributed by atoms with Crippen molar-refractivity contribution in [3.8, 4) is 0 Å². The second kappa shape index (κ2) is 2.81. The lowest BCUT2D eigenvalue weighted by Crippen LogP contribution is -2.31. The minimum Gasteiger partial charge on any atom is -0.525 e. The quantitative estimate of drug-likeness (QED) is 0.481. The molecule has 0 unspecified atom stereocenters. The Morgan fingerprint density at radius 3 is 2.17 bits per heavy atom. The lowest BCUT2D eigenvalue weighted by atomic mass is 9.79. The maximum atomic E-state index is 5.53. The summed E-state index contributed by atoms with van der Waals surface area (Å²) in [6.45, 7) is 0. The minimum absolute atomic E-state index is 0.300. The van der Waals surface area contributed by atoms with Gasteiger partial charge in [-0.3, -0.25) is 0 Å². The fourth-order valence-electron chi connectivity index (χ4n) is 1.05. The van der Waals surface area contributed by atoms with Crippen molar-refractivity contribution < 1.29 is 9.31 Å². The van der Waals surface area contributed by atoms with Gasteiger partial charge in [-0.05, 0) is 12.1 Å². The first-order valence-electron chi connectivity index (χ1n) is 3.67. The van der Waals surface area contributed by atoms with Crippen LogP contribution in [0.4, 0.5) is 5.69 Å². The van der Waals surface area contributed by atoms with Crippen LogP contribution in [0.5, 0.6) is 0 Å². The van der Waals surface area contributed by atoms with Gasteiger partial charge in [0.25, 0.3) is 0 Å². The van der Waals surface area contributed by atoms with E-state index in [1.54, 1.807) is 0 Å². The lowest BCUT2D eigenvalue weighted by Gasteiger charge is -2.03. The number of anilines is 1. The number of nitrogen functional groups attached to an aromatic ring is 1. The van der Waals surface area contributed by atoms with E-state index in [1.807, 2.05) is 24.3 Å². The molecule has 0 aromatic heterocycles. The van der Waals surface area contributed by atoms with Gasteiger partial charge in [-0.25, -0.2) is 0 Å². The zero-order valence-electron chi connectivity index (χ0n) is 6.44. The standard InChI is InChI=1S/C8H8BNO2/c10-8-3-1-7(2-4-8)9-11-5-6-12-9/h1-6H,10H2. The third-order valence-corrected chi connectivity index (χ3v) is 1.67. The molecule has 1 heterocycles. The van der Waals surface area contributed by atoms with Gasteiger partial charge in [-0.1, -0.05) is 12.1 Å². The first-order valence-corrected chi connectivity index (χ1v) is 3.67. The molecule has 1 aromatic carbocycles. The van der Waals surface area contributed by atoms with Crippen LogP contribution in [0.2, 0.25) is 0 Å². The average Bonchev–Trinajstić information content (AvgIpc) is 2.58. The van der Waals surface area contributed by atoms with Crippen LogP contribution >= 0.6 is 0 Å². The summed E-state index contributed by atoms with van der Waals surface area (Å²) in [4.78, 5) is 0. The molecule has 0 spiro atoms. The van der Waals surface area contributed by atoms with Crippen LogP contribution < -0.4 is 11.2 Å². The van der Waals surface area contributed by atoms with Gasteiger partial charge < -0.3 is 15.0 Å². The molecule has 12 heavy (non-hydrogen) atoms. The Morgan fingerprint density at radius 2 is 1.58 bits per heavy atom. The molecule has 0 atom stereocenters. The van der Waals surface area contributed by atoms with E-state index >= 15 is 0 Å². The van der Waals surface area contributed by atoms with Gasteiger partial charge in [-0.2, -0.15) is 0 Å². The van der Waals surface area contributed by atoms with Crippen LogP contribution in [0.1, 0.15) is 0 Å². The molecule has 1 aliphatic heterocycles. The molecule has 2 N–H and O–H groups in total. The third kappa shape index (κ3) is 1.23. The summed E-state index contributed by atoms with van der Waals surface area (Å²) < 4.78 is 10.3. The summed E-state index contributed by atoms with van der Waals surface area (Å²) in [5.74, 6) is 0. The van der Waals surface area contributed by atoms with Crippen LogP contribution in [0, 0.1) is 0 Å². The van der Waals surface area contributed by atoms with E-state index < -0.39 is 0 Å². The summed E-state index contributed by atoms with van der Waals surface area (Å²) >= 11 is 0. The molecule has 0 aliphatic carbocycles. The Labute approximate surface area is 70.9 Å². The topological polar surface area (TPSA) is 44.5 Å². The van der Waals surface area contributed by atoms with E-state index in [4.69, 9.17) is 15.0 Å². The molecular formula is C8H8BNO2. The highest BCUT2D eigenvalue weighted by molar-refractivity contribution is 6.62. The van der Waals surface area contributed by atoms with Crippen molar-refractivity contribution in [1.29, 1.82) is 0 Å². The van der Waals surface area contributed by atoms with E-state index in [-0.39, 0.29) is 7.12 Å². The smallest absolute Gasteiger partial charge is 0.525 e. The van der Waals surface area contributed by atoms with Gasteiger partial charge in [0.2, 0.25) is 0 Å². The largest absolute Gasteiger partial charge is 0.632 e. The van der Waals surface area contributed by atoms with E-state index in [0.717, 1.165) is 11.2 Å². The number of hydrogen-bond donors (Lipinski definition) is 1. The summed E-state index contributed by atoms with van der Waals surface area (Å²) in [7, 11) is -0.300. The Bertz CT molecular complexity index is 288. The Hall–Kier alpha value is -1.58. The molecule has 0 amide bonds. The van der Waals surface area contributed by atoms with Gasteiger partial charge in [0.15, 0.2) is 0 Å². The van der Waals surface area contributed by atoms with Crippen molar-refractivity contribution in [2.45, 2.75) is 0 Å². The molecule has 2 rings (SSSR count). The average molecular weight is 161 g/mol. The first-order chi connectivity index (χ1) is 5.86. The zero-order valence-corrected chi connectivity index (χ0v) is 6.44. The van der Waals surface area contributed by atoms with Gasteiger partial charge >= 0.3 is 7.12 Å². The number of hydrogen-bond acceptors (Lipinski definition) is 3. The van der Waals surface area contributed by atoms with Crippen molar-refractivity contribution in [2.24, 2.45) is 0 Å². The van der Waals surface area contributed by atoms with Crippen LogP contribution in [-0.2, 0) is 9.31 Å². The summed E-state index contributed by atoms with van der Waals surface area (Å²) in [6.07, 6.45) is 3.06. The predicted octanol–water partition coefficient (Wildman–Crippen LogP) is 0.482. The number of benzene rings is 1. The lowest BCUT2D eigenvalue weighted by molar-refractivity contribution is 0.423. The maximum Gasteiger partial charge on any atom is 0.632 e. The van der Waals surface area contributed by atoms with Gasteiger partial charge in [0.1, 0.15) is 0 Å². The molecule has 4 heteroatoms. The van der Waals surface area contributed by atoms with E-state index in [1.165, 1.54) is 12.5 Å². The van der Waals surface area contributed by atoms with Crippen molar-refractivity contribution >= 4 is 18.3 Å². The summed E-state index contributed by atoms with van der Waals surface area (Å²) in [5.41, 5.74) is 7.24. The fraction of sp³-hybridized carbons (Fsp3) is 0. The van der Waals surface area contributed by atoms with Crippen molar-refractivity contribution in [3.05, 3.63) is 36.8 Å². The highest BCUT2D eigenvalue weighted by atomic mass is 16.6.